The molecule has 2 N–H and O–H groups in total. The first-order valence-corrected chi connectivity index (χ1v) is 10.3. The van der Waals surface area contributed by atoms with Gasteiger partial charge in [-0.05, 0) is 45.9 Å². The molecular weight excluding hydrogens is 328 g/mol. The van der Waals surface area contributed by atoms with Gasteiger partial charge in [0.1, 0.15) is 0 Å². The Balaban J connectivity index is 2.30. The summed E-state index contributed by atoms with van der Waals surface area (Å²) in [6, 6.07) is 13.2. The van der Waals surface area contributed by atoms with Crippen molar-refractivity contribution in [3.05, 3.63) is 65.3 Å². The van der Waals surface area contributed by atoms with Gasteiger partial charge in [-0.25, -0.2) is 0 Å². The fourth-order valence-electron chi connectivity index (χ4n) is 3.55. The van der Waals surface area contributed by atoms with Gasteiger partial charge in [0.25, 0.3) is 0 Å². The Bertz CT molecular complexity index is 626. The zero-order valence-corrected chi connectivity index (χ0v) is 18.3. The van der Waals surface area contributed by atoms with Crippen LogP contribution in [0.5, 0.6) is 0 Å². The summed E-state index contributed by atoms with van der Waals surface area (Å²) in [4.78, 5) is 0. The number of para-hydroxylation sites is 2. The molecule has 2 rings (SSSR count). The monoisotopic (exact) mass is 364 g/mol. The van der Waals surface area contributed by atoms with Crippen LogP contribution >= 0.6 is 0 Å². The van der Waals surface area contributed by atoms with Crippen LogP contribution in [-0.4, -0.2) is 0 Å². The van der Waals surface area contributed by atoms with Crippen LogP contribution in [0.1, 0.15) is 101 Å². The molecule has 0 aliphatic carbocycles. The van der Waals surface area contributed by atoms with Gasteiger partial charge >= 0.3 is 0 Å². The molecular formula is C25H36N2. The number of anilines is 2. The first-order chi connectivity index (χ1) is 12.7. The summed E-state index contributed by atoms with van der Waals surface area (Å²) in [5, 5.41) is 6.93. The van der Waals surface area contributed by atoms with E-state index in [2.05, 4.69) is 109 Å². The summed E-state index contributed by atoms with van der Waals surface area (Å²) in [5.41, 5.74) is 7.69. The molecule has 0 fully saturated rings. The maximum absolute atomic E-state index is 3.46. The van der Waals surface area contributed by atoms with Crippen molar-refractivity contribution in [2.75, 3.05) is 10.6 Å². The lowest BCUT2D eigenvalue weighted by molar-refractivity contribution is 0.833. The van der Waals surface area contributed by atoms with E-state index in [1.54, 1.807) is 0 Å². The second-order valence-corrected chi connectivity index (χ2v) is 8.62. The molecule has 0 aliphatic heterocycles. The summed E-state index contributed by atoms with van der Waals surface area (Å²) in [7, 11) is 0. The molecule has 0 aliphatic rings. The lowest BCUT2D eigenvalue weighted by Crippen LogP contribution is -2.13. The number of hydrogen-bond acceptors (Lipinski definition) is 2. The van der Waals surface area contributed by atoms with Gasteiger partial charge in [0.05, 0.1) is 0 Å². The molecule has 0 aromatic heterocycles. The van der Waals surface area contributed by atoms with E-state index in [1.807, 2.05) is 0 Å². The van der Waals surface area contributed by atoms with Crippen molar-refractivity contribution < 1.29 is 0 Å². The molecule has 0 bridgehead atoms. The zero-order chi connectivity index (χ0) is 20.1. The van der Waals surface area contributed by atoms with Gasteiger partial charge in [0.2, 0.25) is 6.67 Å². The smallest absolute Gasteiger partial charge is 0.202 e. The van der Waals surface area contributed by atoms with Crippen molar-refractivity contribution in [1.82, 2.24) is 0 Å². The Labute approximate surface area is 166 Å². The molecule has 2 aromatic rings. The first-order valence-electron chi connectivity index (χ1n) is 10.3. The van der Waals surface area contributed by atoms with Gasteiger partial charge in [-0.1, -0.05) is 91.8 Å². The van der Waals surface area contributed by atoms with Crippen molar-refractivity contribution in [2.24, 2.45) is 0 Å². The van der Waals surface area contributed by atoms with E-state index in [1.165, 1.54) is 33.6 Å². The normalized spacial score (nSPS) is 11.7. The van der Waals surface area contributed by atoms with Crippen LogP contribution in [-0.2, 0) is 0 Å². The van der Waals surface area contributed by atoms with Crippen molar-refractivity contribution in [2.45, 2.75) is 79.1 Å². The van der Waals surface area contributed by atoms with Crippen LogP contribution in [0.15, 0.2) is 36.4 Å². The van der Waals surface area contributed by atoms with Crippen LogP contribution in [0.25, 0.3) is 0 Å². The summed E-state index contributed by atoms with van der Waals surface area (Å²) < 4.78 is 0. The molecule has 2 aromatic carbocycles. The molecule has 0 unspecified atom stereocenters. The third-order valence-corrected chi connectivity index (χ3v) is 5.12. The quantitative estimate of drug-likeness (QED) is 0.469. The molecule has 146 valence electrons. The van der Waals surface area contributed by atoms with Gasteiger partial charge in [-0.15, -0.1) is 0 Å². The number of hydrogen-bond donors (Lipinski definition) is 2. The Morgan fingerprint density at radius 3 is 1.00 bits per heavy atom. The molecule has 27 heavy (non-hydrogen) atoms. The highest BCUT2D eigenvalue weighted by molar-refractivity contribution is 5.65. The third-order valence-electron chi connectivity index (χ3n) is 5.12. The summed E-state index contributed by atoms with van der Waals surface area (Å²) >= 11 is 0. The minimum absolute atomic E-state index is 0.460. The van der Waals surface area contributed by atoms with E-state index in [-0.39, 0.29) is 0 Å². The Kier molecular flexibility index (Phi) is 7.35. The van der Waals surface area contributed by atoms with Gasteiger partial charge in [0.15, 0.2) is 0 Å². The number of nitrogens with one attached hydrogen (secondary N) is 2. The molecule has 0 saturated heterocycles. The highest BCUT2D eigenvalue weighted by atomic mass is 15.1. The highest BCUT2D eigenvalue weighted by Crippen LogP contribution is 2.35. The standard InChI is InChI=1S/C25H36N2/c1-16(2)20-11-9-12-21(17(3)4)24(20)26-15-27-25-22(18(5)6)13-10-14-23(25)19(7)8/h9-14,16-19,26-27H,1-8H3. The van der Waals surface area contributed by atoms with Gasteiger partial charge in [-0.3, -0.25) is 0 Å². The number of benzene rings is 2. The first kappa shape index (κ1) is 21.3. The van der Waals surface area contributed by atoms with Gasteiger partial charge in [-0.2, -0.15) is 0 Å². The summed E-state index contributed by atoms with van der Waals surface area (Å²) in [5.74, 6) is 1.84. The fraction of sp³-hybridized carbons (Fsp3) is 0.480. The van der Waals surface area contributed by atoms with Crippen LogP contribution in [0.3, 0.4) is 0 Å². The second kappa shape index (κ2) is 9.30. The van der Waals surface area contributed by atoms with E-state index in [4.69, 9.17) is 0 Å². The Morgan fingerprint density at radius 1 is 0.519 bits per heavy atom. The Morgan fingerprint density at radius 2 is 0.778 bits per heavy atom. The van der Waals surface area contributed by atoms with Crippen molar-refractivity contribution in [3.63, 3.8) is 0 Å². The Hall–Kier alpha value is -1.96. The third kappa shape index (κ3) is 5.06. The number of rotatable bonds is 8. The SMILES string of the molecule is CC(C)c1cccc(C(C)C)c1N[C]Nc1c(C(C)C)cccc1C(C)C. The van der Waals surface area contributed by atoms with E-state index < -0.39 is 0 Å². The van der Waals surface area contributed by atoms with E-state index in [0.717, 1.165) is 0 Å². The lowest BCUT2D eigenvalue weighted by atomic mass is 9.92. The maximum Gasteiger partial charge on any atom is 0.202 e. The molecule has 2 radical (unpaired) electrons. The summed E-state index contributed by atoms with van der Waals surface area (Å²) in [6.07, 6.45) is 0. The predicted octanol–water partition coefficient (Wildman–Crippen LogP) is 7.70. The van der Waals surface area contributed by atoms with E-state index in [9.17, 15) is 0 Å². The van der Waals surface area contributed by atoms with Crippen LogP contribution in [0.4, 0.5) is 11.4 Å². The average molecular weight is 365 g/mol. The predicted molar refractivity (Wildman–Crippen MR) is 120 cm³/mol. The maximum atomic E-state index is 3.46. The second-order valence-electron chi connectivity index (χ2n) is 8.62. The molecule has 0 spiro atoms. The molecule has 0 heterocycles. The highest BCUT2D eigenvalue weighted by Gasteiger charge is 2.16. The van der Waals surface area contributed by atoms with E-state index in [0.29, 0.717) is 23.7 Å². The molecule has 2 nitrogen and oxygen atoms in total. The largest absolute Gasteiger partial charge is 0.355 e. The van der Waals surface area contributed by atoms with Crippen LogP contribution in [0, 0.1) is 6.67 Å². The minimum Gasteiger partial charge on any atom is -0.355 e. The molecule has 0 saturated carbocycles. The average Bonchev–Trinajstić information content (AvgIpc) is 2.61. The molecule has 0 atom stereocenters. The summed E-state index contributed by atoms with van der Waals surface area (Å²) in [6.45, 7) is 21.2. The molecule has 0 amide bonds. The van der Waals surface area contributed by atoms with Crippen molar-refractivity contribution in [3.8, 4) is 0 Å². The van der Waals surface area contributed by atoms with Gasteiger partial charge in [0, 0.05) is 11.4 Å². The van der Waals surface area contributed by atoms with Crippen molar-refractivity contribution >= 4 is 11.4 Å². The topological polar surface area (TPSA) is 24.1 Å². The molecule has 2 heteroatoms. The fourth-order valence-corrected chi connectivity index (χ4v) is 3.55. The van der Waals surface area contributed by atoms with Gasteiger partial charge < -0.3 is 10.6 Å². The minimum atomic E-state index is 0.460. The van der Waals surface area contributed by atoms with Crippen molar-refractivity contribution in [1.29, 1.82) is 0 Å². The van der Waals surface area contributed by atoms with Crippen LogP contribution in [0.2, 0.25) is 0 Å². The van der Waals surface area contributed by atoms with E-state index >= 15 is 0 Å². The van der Waals surface area contributed by atoms with Crippen LogP contribution < -0.4 is 10.6 Å². The zero-order valence-electron chi connectivity index (χ0n) is 18.3. The lowest BCUT2D eigenvalue weighted by Gasteiger charge is -2.23.